The first-order valence-electron chi connectivity index (χ1n) is 5.47. The lowest BCUT2D eigenvalue weighted by molar-refractivity contribution is 0.165. The van der Waals surface area contributed by atoms with E-state index in [4.69, 9.17) is 4.74 Å². The molecule has 0 aliphatic carbocycles. The van der Waals surface area contributed by atoms with Gasteiger partial charge >= 0.3 is 0 Å². The van der Waals surface area contributed by atoms with E-state index >= 15 is 0 Å². The number of nitrogens with zero attached hydrogens (tertiary/aromatic N) is 2. The average Bonchev–Trinajstić information content (AvgIpc) is 2.61. The molecule has 1 N–H and O–H groups in total. The van der Waals surface area contributed by atoms with Gasteiger partial charge in [0.1, 0.15) is 0 Å². The van der Waals surface area contributed by atoms with Crippen LogP contribution in [0.3, 0.4) is 0 Å². The summed E-state index contributed by atoms with van der Waals surface area (Å²) < 4.78 is 7.02. The van der Waals surface area contributed by atoms with Crippen molar-refractivity contribution in [3.05, 3.63) is 18.0 Å². The van der Waals surface area contributed by atoms with E-state index in [0.29, 0.717) is 6.04 Å². The van der Waals surface area contributed by atoms with Gasteiger partial charge in [0, 0.05) is 32.8 Å². The topological polar surface area (TPSA) is 39.1 Å². The number of hydrogen-bond donors (Lipinski definition) is 1. The van der Waals surface area contributed by atoms with Crippen molar-refractivity contribution in [3.8, 4) is 0 Å². The van der Waals surface area contributed by atoms with Crippen LogP contribution in [0.2, 0.25) is 0 Å². The van der Waals surface area contributed by atoms with E-state index in [1.165, 1.54) is 0 Å². The van der Waals surface area contributed by atoms with Gasteiger partial charge in [0.2, 0.25) is 0 Å². The fourth-order valence-corrected chi connectivity index (χ4v) is 1.56. The third-order valence-corrected chi connectivity index (χ3v) is 2.28. The number of aromatic nitrogens is 2. The molecule has 1 unspecified atom stereocenters. The monoisotopic (exact) mass is 211 g/mol. The zero-order valence-electron chi connectivity index (χ0n) is 9.86. The summed E-state index contributed by atoms with van der Waals surface area (Å²) in [5.41, 5.74) is 1.11. The SMILES string of the molecule is CCCNC(COC)Cc1ccn(C)n1. The zero-order valence-corrected chi connectivity index (χ0v) is 9.86. The number of aryl methyl sites for hydroxylation is 1. The first-order valence-corrected chi connectivity index (χ1v) is 5.47. The lowest BCUT2D eigenvalue weighted by Crippen LogP contribution is -2.35. The van der Waals surface area contributed by atoms with Gasteiger partial charge in [-0.25, -0.2) is 0 Å². The van der Waals surface area contributed by atoms with Crippen molar-refractivity contribution >= 4 is 0 Å². The van der Waals surface area contributed by atoms with Crippen molar-refractivity contribution in [2.24, 2.45) is 7.05 Å². The Morgan fingerprint density at radius 2 is 2.40 bits per heavy atom. The highest BCUT2D eigenvalue weighted by Gasteiger charge is 2.09. The van der Waals surface area contributed by atoms with E-state index < -0.39 is 0 Å². The summed E-state index contributed by atoms with van der Waals surface area (Å²) in [5, 5.41) is 7.82. The molecule has 1 aromatic heterocycles. The Hall–Kier alpha value is -0.870. The predicted molar refractivity (Wildman–Crippen MR) is 60.9 cm³/mol. The largest absolute Gasteiger partial charge is 0.383 e. The smallest absolute Gasteiger partial charge is 0.0640 e. The molecule has 0 aromatic carbocycles. The van der Waals surface area contributed by atoms with Gasteiger partial charge in [-0.15, -0.1) is 0 Å². The highest BCUT2D eigenvalue weighted by molar-refractivity contribution is 5.01. The van der Waals surface area contributed by atoms with Gasteiger partial charge < -0.3 is 10.1 Å². The van der Waals surface area contributed by atoms with Crippen molar-refractivity contribution in [2.75, 3.05) is 20.3 Å². The molecule has 4 nitrogen and oxygen atoms in total. The maximum Gasteiger partial charge on any atom is 0.0640 e. The lowest BCUT2D eigenvalue weighted by atomic mass is 10.1. The minimum atomic E-state index is 0.366. The molecule has 1 aromatic rings. The molecule has 0 spiro atoms. The fourth-order valence-electron chi connectivity index (χ4n) is 1.56. The predicted octanol–water partition coefficient (Wildman–Crippen LogP) is 0.977. The number of nitrogens with one attached hydrogen (secondary N) is 1. The van der Waals surface area contributed by atoms with Crippen molar-refractivity contribution in [3.63, 3.8) is 0 Å². The van der Waals surface area contributed by atoms with Gasteiger partial charge in [-0.3, -0.25) is 4.68 Å². The molecule has 0 bridgehead atoms. The van der Waals surface area contributed by atoms with Gasteiger partial charge in [0.25, 0.3) is 0 Å². The summed E-state index contributed by atoms with van der Waals surface area (Å²) in [6, 6.07) is 2.42. The first kappa shape index (κ1) is 12.2. The van der Waals surface area contributed by atoms with Crippen LogP contribution < -0.4 is 5.32 Å². The molecule has 1 atom stereocenters. The molecule has 0 fully saturated rings. The Morgan fingerprint density at radius 1 is 1.60 bits per heavy atom. The fraction of sp³-hybridized carbons (Fsp3) is 0.727. The third-order valence-electron chi connectivity index (χ3n) is 2.28. The summed E-state index contributed by atoms with van der Waals surface area (Å²) in [4.78, 5) is 0. The number of methoxy groups -OCH3 is 1. The molecular weight excluding hydrogens is 190 g/mol. The second kappa shape index (κ2) is 6.58. The molecule has 86 valence electrons. The van der Waals surface area contributed by atoms with Gasteiger partial charge in [0.15, 0.2) is 0 Å². The Labute approximate surface area is 91.6 Å². The lowest BCUT2D eigenvalue weighted by Gasteiger charge is -2.16. The maximum atomic E-state index is 5.18. The van der Waals surface area contributed by atoms with E-state index in [1.54, 1.807) is 7.11 Å². The molecular formula is C11H21N3O. The minimum absolute atomic E-state index is 0.366. The van der Waals surface area contributed by atoms with Crippen molar-refractivity contribution in [1.82, 2.24) is 15.1 Å². The van der Waals surface area contributed by atoms with Crippen molar-refractivity contribution < 1.29 is 4.74 Å². The molecule has 1 rings (SSSR count). The quantitative estimate of drug-likeness (QED) is 0.730. The molecule has 0 radical (unpaired) electrons. The van der Waals surface area contributed by atoms with E-state index in [2.05, 4.69) is 23.4 Å². The summed E-state index contributed by atoms with van der Waals surface area (Å²) in [7, 11) is 3.67. The Bertz CT molecular complexity index is 273. The summed E-state index contributed by atoms with van der Waals surface area (Å²) in [6.07, 6.45) is 4.04. The van der Waals surface area contributed by atoms with E-state index in [1.807, 2.05) is 17.9 Å². The zero-order chi connectivity index (χ0) is 11.1. The van der Waals surface area contributed by atoms with Crippen molar-refractivity contribution in [1.29, 1.82) is 0 Å². The van der Waals surface area contributed by atoms with E-state index in [-0.39, 0.29) is 0 Å². The molecule has 4 heteroatoms. The Morgan fingerprint density at radius 3 is 2.93 bits per heavy atom. The van der Waals surface area contributed by atoms with Gasteiger partial charge in [-0.05, 0) is 19.0 Å². The summed E-state index contributed by atoms with van der Waals surface area (Å²) in [6.45, 7) is 3.93. The molecule has 0 aliphatic rings. The second-order valence-electron chi connectivity index (χ2n) is 3.79. The first-order chi connectivity index (χ1) is 7.26. The van der Waals surface area contributed by atoms with Gasteiger partial charge in [-0.1, -0.05) is 6.92 Å². The van der Waals surface area contributed by atoms with Gasteiger partial charge in [-0.2, -0.15) is 5.10 Å². The molecule has 0 saturated carbocycles. The van der Waals surface area contributed by atoms with Crippen LogP contribution in [0.5, 0.6) is 0 Å². The summed E-state index contributed by atoms with van der Waals surface area (Å²) >= 11 is 0. The molecule has 15 heavy (non-hydrogen) atoms. The van der Waals surface area contributed by atoms with E-state index in [0.717, 1.165) is 31.7 Å². The number of hydrogen-bond acceptors (Lipinski definition) is 3. The second-order valence-corrected chi connectivity index (χ2v) is 3.79. The number of ether oxygens (including phenoxy) is 1. The van der Waals surface area contributed by atoms with Crippen molar-refractivity contribution in [2.45, 2.75) is 25.8 Å². The van der Waals surface area contributed by atoms with Crippen LogP contribution in [-0.2, 0) is 18.2 Å². The Kier molecular flexibility index (Phi) is 5.36. The molecule has 1 heterocycles. The van der Waals surface area contributed by atoms with Crippen LogP contribution in [0.25, 0.3) is 0 Å². The van der Waals surface area contributed by atoms with Crippen LogP contribution >= 0.6 is 0 Å². The average molecular weight is 211 g/mol. The number of rotatable bonds is 7. The van der Waals surface area contributed by atoms with Crippen LogP contribution in [0.4, 0.5) is 0 Å². The molecule has 0 saturated heterocycles. The minimum Gasteiger partial charge on any atom is -0.383 e. The molecule has 0 aliphatic heterocycles. The summed E-state index contributed by atoms with van der Waals surface area (Å²) in [5.74, 6) is 0. The molecule has 0 amide bonds. The normalized spacial score (nSPS) is 13.0. The van der Waals surface area contributed by atoms with Gasteiger partial charge in [0.05, 0.1) is 12.3 Å². The van der Waals surface area contributed by atoms with Crippen LogP contribution in [0.1, 0.15) is 19.0 Å². The van der Waals surface area contributed by atoms with Crippen LogP contribution in [0, 0.1) is 0 Å². The standard InChI is InChI=1S/C11H21N3O/c1-4-6-12-11(9-15-3)8-10-5-7-14(2)13-10/h5,7,11-12H,4,6,8-9H2,1-3H3. The highest BCUT2D eigenvalue weighted by atomic mass is 16.5. The van der Waals surface area contributed by atoms with E-state index in [9.17, 15) is 0 Å². The maximum absolute atomic E-state index is 5.18. The Balaban J connectivity index is 2.42. The van der Waals surface area contributed by atoms with Crippen LogP contribution in [0.15, 0.2) is 12.3 Å². The highest BCUT2D eigenvalue weighted by Crippen LogP contribution is 2.00. The van der Waals surface area contributed by atoms with Crippen LogP contribution in [-0.4, -0.2) is 36.1 Å². The third kappa shape index (κ3) is 4.44.